The molecule has 1 unspecified atom stereocenters. The lowest BCUT2D eigenvalue weighted by atomic mass is 10.2. The van der Waals surface area contributed by atoms with Crippen LogP contribution in [0.15, 0.2) is 24.3 Å². The summed E-state index contributed by atoms with van der Waals surface area (Å²) in [5.74, 6) is 0.688. The maximum atomic E-state index is 7.43. The molecule has 0 bridgehead atoms. The molecule has 0 spiro atoms. The SMILES string of the molecule is N=C(N)c1ccccc1OCC1CCCO1. The Morgan fingerprint density at radius 1 is 1.50 bits per heavy atom. The molecule has 1 aliphatic heterocycles. The molecule has 1 aromatic rings. The largest absolute Gasteiger partial charge is 0.490 e. The first-order chi connectivity index (χ1) is 7.77. The topological polar surface area (TPSA) is 68.3 Å². The molecular formula is C12H16N2O2. The summed E-state index contributed by atoms with van der Waals surface area (Å²) in [4.78, 5) is 0. The third kappa shape index (κ3) is 2.52. The van der Waals surface area contributed by atoms with Gasteiger partial charge >= 0.3 is 0 Å². The van der Waals surface area contributed by atoms with Crippen LogP contribution in [-0.4, -0.2) is 25.2 Å². The summed E-state index contributed by atoms with van der Waals surface area (Å²) < 4.78 is 11.1. The molecule has 86 valence electrons. The average Bonchev–Trinajstić information content (AvgIpc) is 2.79. The summed E-state index contributed by atoms with van der Waals surface area (Å²) in [6.07, 6.45) is 2.32. The van der Waals surface area contributed by atoms with E-state index in [9.17, 15) is 0 Å². The Kier molecular flexibility index (Phi) is 3.41. The molecule has 0 radical (unpaired) electrons. The van der Waals surface area contributed by atoms with Crippen molar-refractivity contribution in [2.75, 3.05) is 13.2 Å². The highest BCUT2D eigenvalue weighted by Gasteiger charge is 2.16. The first-order valence-electron chi connectivity index (χ1n) is 5.45. The molecule has 0 saturated carbocycles. The van der Waals surface area contributed by atoms with Gasteiger partial charge in [-0.05, 0) is 25.0 Å². The lowest BCUT2D eigenvalue weighted by molar-refractivity contribution is 0.0679. The maximum absolute atomic E-state index is 7.43. The van der Waals surface area contributed by atoms with Gasteiger partial charge in [0.2, 0.25) is 0 Å². The predicted molar refractivity (Wildman–Crippen MR) is 61.9 cm³/mol. The fourth-order valence-corrected chi connectivity index (χ4v) is 1.77. The fraction of sp³-hybridized carbons (Fsp3) is 0.417. The second-order valence-electron chi connectivity index (χ2n) is 3.86. The van der Waals surface area contributed by atoms with Gasteiger partial charge in [-0.15, -0.1) is 0 Å². The Bertz CT molecular complexity index is 373. The number of hydrogen-bond donors (Lipinski definition) is 2. The number of ether oxygens (including phenoxy) is 2. The van der Waals surface area contributed by atoms with Crippen LogP contribution in [0.4, 0.5) is 0 Å². The van der Waals surface area contributed by atoms with E-state index in [1.807, 2.05) is 18.2 Å². The average molecular weight is 220 g/mol. The number of amidine groups is 1. The number of nitrogen functional groups attached to an aromatic ring is 1. The molecule has 1 saturated heterocycles. The van der Waals surface area contributed by atoms with E-state index in [0.717, 1.165) is 19.4 Å². The molecule has 0 aliphatic carbocycles. The van der Waals surface area contributed by atoms with Crippen molar-refractivity contribution in [2.45, 2.75) is 18.9 Å². The number of para-hydroxylation sites is 1. The van der Waals surface area contributed by atoms with Crippen molar-refractivity contribution < 1.29 is 9.47 Å². The lowest BCUT2D eigenvalue weighted by Crippen LogP contribution is -2.19. The maximum Gasteiger partial charge on any atom is 0.130 e. The Morgan fingerprint density at radius 2 is 2.31 bits per heavy atom. The second-order valence-corrected chi connectivity index (χ2v) is 3.86. The van der Waals surface area contributed by atoms with Crippen LogP contribution >= 0.6 is 0 Å². The zero-order valence-electron chi connectivity index (χ0n) is 9.11. The molecule has 1 fully saturated rings. The highest BCUT2D eigenvalue weighted by atomic mass is 16.5. The number of nitrogens with two attached hydrogens (primary N) is 1. The van der Waals surface area contributed by atoms with E-state index in [1.165, 1.54) is 0 Å². The Hall–Kier alpha value is -1.55. The standard InChI is InChI=1S/C12H16N2O2/c13-12(14)10-5-1-2-6-11(10)16-8-9-4-3-7-15-9/h1-2,5-6,9H,3-4,7-8H2,(H3,13,14). The Labute approximate surface area is 94.9 Å². The van der Waals surface area contributed by atoms with Gasteiger partial charge in [-0.2, -0.15) is 0 Å². The smallest absolute Gasteiger partial charge is 0.130 e. The fourth-order valence-electron chi connectivity index (χ4n) is 1.77. The number of benzene rings is 1. The van der Waals surface area contributed by atoms with Gasteiger partial charge in [0.25, 0.3) is 0 Å². The zero-order chi connectivity index (χ0) is 11.4. The molecule has 3 N–H and O–H groups in total. The van der Waals surface area contributed by atoms with E-state index in [2.05, 4.69) is 0 Å². The number of hydrogen-bond acceptors (Lipinski definition) is 3. The quantitative estimate of drug-likeness (QED) is 0.597. The van der Waals surface area contributed by atoms with Gasteiger partial charge in [0.1, 0.15) is 18.2 Å². The molecule has 1 heterocycles. The van der Waals surface area contributed by atoms with Crippen LogP contribution in [0.5, 0.6) is 5.75 Å². The van der Waals surface area contributed by atoms with Crippen LogP contribution in [0.1, 0.15) is 18.4 Å². The molecule has 2 rings (SSSR count). The summed E-state index contributed by atoms with van der Waals surface area (Å²) in [5.41, 5.74) is 6.11. The summed E-state index contributed by atoms with van der Waals surface area (Å²) in [5, 5.41) is 7.43. The molecule has 0 amide bonds. The lowest BCUT2D eigenvalue weighted by Gasteiger charge is -2.13. The van der Waals surface area contributed by atoms with E-state index < -0.39 is 0 Å². The third-order valence-corrected chi connectivity index (χ3v) is 2.63. The third-order valence-electron chi connectivity index (χ3n) is 2.63. The molecule has 1 atom stereocenters. The van der Waals surface area contributed by atoms with Crippen LogP contribution in [0, 0.1) is 5.41 Å². The van der Waals surface area contributed by atoms with Gasteiger partial charge < -0.3 is 15.2 Å². The Balaban J connectivity index is 2.00. The highest BCUT2D eigenvalue weighted by Crippen LogP contribution is 2.19. The van der Waals surface area contributed by atoms with Gasteiger partial charge in [0.05, 0.1) is 11.7 Å². The summed E-state index contributed by atoms with van der Waals surface area (Å²) in [6.45, 7) is 1.35. The van der Waals surface area contributed by atoms with E-state index in [4.69, 9.17) is 20.6 Å². The van der Waals surface area contributed by atoms with Gasteiger partial charge in [0.15, 0.2) is 0 Å². The van der Waals surface area contributed by atoms with Crippen molar-refractivity contribution in [1.82, 2.24) is 0 Å². The predicted octanol–water partition coefficient (Wildman–Crippen LogP) is 1.53. The molecule has 0 aromatic heterocycles. The van der Waals surface area contributed by atoms with E-state index >= 15 is 0 Å². The van der Waals surface area contributed by atoms with E-state index in [-0.39, 0.29) is 11.9 Å². The first-order valence-corrected chi connectivity index (χ1v) is 5.45. The van der Waals surface area contributed by atoms with Crippen LogP contribution in [0.3, 0.4) is 0 Å². The van der Waals surface area contributed by atoms with E-state index in [0.29, 0.717) is 17.9 Å². The second kappa shape index (κ2) is 4.99. The molecule has 4 nitrogen and oxygen atoms in total. The van der Waals surface area contributed by atoms with Crippen LogP contribution in [-0.2, 0) is 4.74 Å². The normalized spacial score (nSPS) is 19.6. The van der Waals surface area contributed by atoms with Crippen molar-refractivity contribution in [3.05, 3.63) is 29.8 Å². The van der Waals surface area contributed by atoms with Crippen LogP contribution in [0.25, 0.3) is 0 Å². The monoisotopic (exact) mass is 220 g/mol. The van der Waals surface area contributed by atoms with Crippen molar-refractivity contribution in [2.24, 2.45) is 5.73 Å². The minimum Gasteiger partial charge on any atom is -0.490 e. The molecule has 1 aromatic carbocycles. The van der Waals surface area contributed by atoms with Gasteiger partial charge in [-0.25, -0.2) is 0 Å². The minimum absolute atomic E-state index is 0.0305. The summed E-state index contributed by atoms with van der Waals surface area (Å²) in [6, 6.07) is 7.33. The highest BCUT2D eigenvalue weighted by molar-refractivity contribution is 5.97. The zero-order valence-corrected chi connectivity index (χ0v) is 9.11. The summed E-state index contributed by atoms with van der Waals surface area (Å²) >= 11 is 0. The number of nitrogens with one attached hydrogen (secondary N) is 1. The van der Waals surface area contributed by atoms with Crippen LogP contribution in [0.2, 0.25) is 0 Å². The minimum atomic E-state index is 0.0305. The molecule has 16 heavy (non-hydrogen) atoms. The van der Waals surface area contributed by atoms with Crippen molar-refractivity contribution in [1.29, 1.82) is 5.41 Å². The summed E-state index contributed by atoms with van der Waals surface area (Å²) in [7, 11) is 0. The molecular weight excluding hydrogens is 204 g/mol. The Morgan fingerprint density at radius 3 is 3.00 bits per heavy atom. The van der Waals surface area contributed by atoms with Crippen molar-refractivity contribution in [3.8, 4) is 5.75 Å². The number of rotatable bonds is 4. The van der Waals surface area contributed by atoms with Gasteiger partial charge in [-0.1, -0.05) is 12.1 Å². The van der Waals surface area contributed by atoms with Gasteiger partial charge in [-0.3, -0.25) is 5.41 Å². The first kappa shape index (κ1) is 11.0. The van der Waals surface area contributed by atoms with Gasteiger partial charge in [0, 0.05) is 6.61 Å². The molecule has 4 heteroatoms. The van der Waals surface area contributed by atoms with E-state index in [1.54, 1.807) is 6.07 Å². The van der Waals surface area contributed by atoms with Crippen molar-refractivity contribution in [3.63, 3.8) is 0 Å². The van der Waals surface area contributed by atoms with Crippen molar-refractivity contribution >= 4 is 5.84 Å². The van der Waals surface area contributed by atoms with Crippen LogP contribution < -0.4 is 10.5 Å². The molecule has 1 aliphatic rings.